The Balaban J connectivity index is 3.67. The Morgan fingerprint density at radius 2 is 1.46 bits per heavy atom. The second-order valence-electron chi connectivity index (χ2n) is 6.78. The van der Waals surface area contributed by atoms with Crippen LogP contribution < -0.4 is 0 Å². The van der Waals surface area contributed by atoms with Gasteiger partial charge in [0.2, 0.25) is 0 Å². The number of carbonyl (C=O) groups excluding carboxylic acids is 2. The van der Waals surface area contributed by atoms with E-state index < -0.39 is 0 Å². The lowest BCUT2D eigenvalue weighted by atomic mass is 10.0. The maximum Gasteiger partial charge on any atom is 0.302 e. The molecule has 3 heteroatoms. The van der Waals surface area contributed by atoms with Gasteiger partial charge in [0.25, 0.3) is 0 Å². The van der Waals surface area contributed by atoms with E-state index in [9.17, 15) is 9.59 Å². The molecule has 0 rings (SSSR count). The SMILES string of the molecule is CCCCCCC(CCC/C=C/CCCCCC(C)=O)OC(C)=O. The van der Waals surface area contributed by atoms with Gasteiger partial charge in [-0.15, -0.1) is 0 Å². The van der Waals surface area contributed by atoms with Crippen LogP contribution in [0.15, 0.2) is 12.2 Å². The first-order chi connectivity index (χ1) is 11.6. The van der Waals surface area contributed by atoms with Crippen molar-refractivity contribution in [3.05, 3.63) is 12.2 Å². The molecule has 1 unspecified atom stereocenters. The lowest BCUT2D eigenvalue weighted by Gasteiger charge is -2.16. The molecule has 3 nitrogen and oxygen atoms in total. The van der Waals surface area contributed by atoms with Crippen LogP contribution in [0.3, 0.4) is 0 Å². The molecule has 0 amide bonds. The van der Waals surface area contributed by atoms with Crippen LogP contribution in [0.2, 0.25) is 0 Å². The van der Waals surface area contributed by atoms with E-state index in [4.69, 9.17) is 4.74 Å². The van der Waals surface area contributed by atoms with Crippen molar-refractivity contribution in [2.45, 2.75) is 110 Å². The maximum absolute atomic E-state index is 11.2. The highest BCUT2D eigenvalue weighted by atomic mass is 16.5. The monoisotopic (exact) mass is 338 g/mol. The Morgan fingerprint density at radius 3 is 2.08 bits per heavy atom. The van der Waals surface area contributed by atoms with Crippen molar-refractivity contribution in [3.63, 3.8) is 0 Å². The van der Waals surface area contributed by atoms with Gasteiger partial charge in [0.15, 0.2) is 0 Å². The summed E-state index contributed by atoms with van der Waals surface area (Å²) in [7, 11) is 0. The molecule has 0 N–H and O–H groups in total. The van der Waals surface area contributed by atoms with E-state index in [1.807, 2.05) is 0 Å². The number of rotatable bonds is 16. The van der Waals surface area contributed by atoms with Crippen LogP contribution >= 0.6 is 0 Å². The molecule has 0 aliphatic rings. The minimum absolute atomic E-state index is 0.0966. The van der Waals surface area contributed by atoms with Crippen molar-refractivity contribution in [1.29, 1.82) is 0 Å². The quantitative estimate of drug-likeness (QED) is 0.192. The molecular weight excluding hydrogens is 300 g/mol. The molecular formula is C21H38O3. The van der Waals surface area contributed by atoms with E-state index in [1.165, 1.54) is 26.2 Å². The normalized spacial score (nSPS) is 12.5. The predicted molar refractivity (Wildman–Crippen MR) is 101 cm³/mol. The molecule has 0 saturated heterocycles. The summed E-state index contributed by atoms with van der Waals surface area (Å²) in [4.78, 5) is 22.0. The fourth-order valence-electron chi connectivity index (χ4n) is 2.81. The summed E-state index contributed by atoms with van der Waals surface area (Å²) in [5, 5.41) is 0. The number of allylic oxidation sites excluding steroid dienone is 2. The van der Waals surface area contributed by atoms with Crippen molar-refractivity contribution in [3.8, 4) is 0 Å². The molecule has 0 fully saturated rings. The van der Waals surface area contributed by atoms with Gasteiger partial charge in [0, 0.05) is 13.3 Å². The molecule has 140 valence electrons. The molecule has 0 aliphatic heterocycles. The molecule has 0 bridgehead atoms. The van der Waals surface area contributed by atoms with Crippen LogP contribution in [0.25, 0.3) is 0 Å². The Kier molecular flexibility index (Phi) is 15.9. The third-order valence-corrected chi connectivity index (χ3v) is 4.18. The van der Waals surface area contributed by atoms with Gasteiger partial charge < -0.3 is 9.53 Å². The molecule has 24 heavy (non-hydrogen) atoms. The minimum atomic E-state index is -0.156. The Hall–Kier alpha value is -1.12. The number of ketones is 1. The average molecular weight is 339 g/mol. The highest BCUT2D eigenvalue weighted by Gasteiger charge is 2.10. The molecule has 1 atom stereocenters. The van der Waals surface area contributed by atoms with Gasteiger partial charge in [-0.1, -0.05) is 44.8 Å². The number of Topliss-reactive ketones (excluding diaryl/α,β-unsaturated/α-hetero) is 1. The Bertz CT molecular complexity index is 347. The zero-order chi connectivity index (χ0) is 18.0. The van der Waals surface area contributed by atoms with Crippen LogP contribution in [-0.2, 0) is 14.3 Å². The summed E-state index contributed by atoms with van der Waals surface area (Å²) in [5.41, 5.74) is 0. The van der Waals surface area contributed by atoms with Gasteiger partial charge in [0.1, 0.15) is 11.9 Å². The summed E-state index contributed by atoms with van der Waals surface area (Å²) < 4.78 is 5.43. The van der Waals surface area contributed by atoms with E-state index in [0.29, 0.717) is 5.78 Å². The van der Waals surface area contributed by atoms with Crippen molar-refractivity contribution in [1.82, 2.24) is 0 Å². The minimum Gasteiger partial charge on any atom is -0.463 e. The lowest BCUT2D eigenvalue weighted by molar-refractivity contribution is -0.147. The number of hydrogen-bond acceptors (Lipinski definition) is 3. The first kappa shape index (κ1) is 22.9. The number of ether oxygens (including phenoxy) is 1. The van der Waals surface area contributed by atoms with Gasteiger partial charge in [0.05, 0.1) is 0 Å². The summed E-state index contributed by atoms with van der Waals surface area (Å²) in [6.07, 6.45) is 18.7. The Morgan fingerprint density at radius 1 is 0.833 bits per heavy atom. The molecule has 0 spiro atoms. The predicted octanol–water partition coefficient (Wildman–Crippen LogP) is 6.15. The third kappa shape index (κ3) is 17.2. The van der Waals surface area contributed by atoms with Crippen molar-refractivity contribution in [2.24, 2.45) is 0 Å². The molecule has 0 saturated carbocycles. The van der Waals surface area contributed by atoms with Gasteiger partial charge in [-0.05, 0) is 58.3 Å². The largest absolute Gasteiger partial charge is 0.463 e. The van der Waals surface area contributed by atoms with Gasteiger partial charge in [-0.25, -0.2) is 0 Å². The first-order valence-corrected chi connectivity index (χ1v) is 9.88. The molecule has 0 radical (unpaired) electrons. The van der Waals surface area contributed by atoms with Crippen LogP contribution in [0, 0.1) is 0 Å². The number of unbranched alkanes of at least 4 members (excludes halogenated alkanes) is 7. The number of carbonyl (C=O) groups is 2. The summed E-state index contributed by atoms with van der Waals surface area (Å²) in [6.45, 7) is 5.37. The van der Waals surface area contributed by atoms with E-state index in [1.54, 1.807) is 6.92 Å². The van der Waals surface area contributed by atoms with Gasteiger partial charge in [-0.2, -0.15) is 0 Å². The first-order valence-electron chi connectivity index (χ1n) is 9.88. The van der Waals surface area contributed by atoms with E-state index in [2.05, 4.69) is 19.1 Å². The van der Waals surface area contributed by atoms with Crippen LogP contribution in [0.5, 0.6) is 0 Å². The second-order valence-corrected chi connectivity index (χ2v) is 6.78. The highest BCUT2D eigenvalue weighted by Crippen LogP contribution is 2.15. The van der Waals surface area contributed by atoms with Crippen molar-refractivity contribution >= 4 is 11.8 Å². The van der Waals surface area contributed by atoms with Crippen LogP contribution in [-0.4, -0.2) is 17.9 Å². The number of hydrogen-bond donors (Lipinski definition) is 0. The third-order valence-electron chi connectivity index (χ3n) is 4.18. The summed E-state index contributed by atoms with van der Waals surface area (Å²) in [5.74, 6) is 0.138. The molecule has 0 aromatic rings. The van der Waals surface area contributed by atoms with E-state index in [-0.39, 0.29) is 12.1 Å². The van der Waals surface area contributed by atoms with Gasteiger partial charge in [-0.3, -0.25) is 4.79 Å². The summed E-state index contributed by atoms with van der Waals surface area (Å²) in [6, 6.07) is 0. The maximum atomic E-state index is 11.2. The summed E-state index contributed by atoms with van der Waals surface area (Å²) >= 11 is 0. The van der Waals surface area contributed by atoms with Crippen molar-refractivity contribution < 1.29 is 14.3 Å². The molecule has 0 aromatic carbocycles. The van der Waals surface area contributed by atoms with Gasteiger partial charge >= 0.3 is 5.97 Å². The molecule has 0 aromatic heterocycles. The molecule has 0 aliphatic carbocycles. The fraction of sp³-hybridized carbons (Fsp3) is 0.810. The fourth-order valence-corrected chi connectivity index (χ4v) is 2.81. The van der Waals surface area contributed by atoms with E-state index >= 15 is 0 Å². The average Bonchev–Trinajstić information content (AvgIpc) is 2.52. The Labute approximate surface area is 149 Å². The zero-order valence-electron chi connectivity index (χ0n) is 16.1. The second kappa shape index (κ2) is 16.7. The standard InChI is InChI=1S/C21H38O3/c1-4-5-6-14-17-21(24-20(3)23)18-15-12-10-8-7-9-11-13-16-19(2)22/h8,10,21H,4-7,9,11-18H2,1-3H3/b10-8+. The molecule has 0 heterocycles. The van der Waals surface area contributed by atoms with Crippen LogP contribution in [0.1, 0.15) is 104 Å². The number of esters is 1. The van der Waals surface area contributed by atoms with E-state index in [0.717, 1.165) is 64.2 Å². The lowest BCUT2D eigenvalue weighted by Crippen LogP contribution is -2.16. The highest BCUT2D eigenvalue weighted by molar-refractivity contribution is 5.75. The van der Waals surface area contributed by atoms with Crippen LogP contribution in [0.4, 0.5) is 0 Å². The topological polar surface area (TPSA) is 43.4 Å². The smallest absolute Gasteiger partial charge is 0.302 e. The van der Waals surface area contributed by atoms with Crippen molar-refractivity contribution in [2.75, 3.05) is 0 Å². The zero-order valence-corrected chi connectivity index (χ0v) is 16.1.